The quantitative estimate of drug-likeness (QED) is 0.461. The SMILES string of the molecule is CN(C)C1CCN(c2ccc(N3CCc4cc(-c5ccc(OC6CC6)cc5)sc4C3=O)cn2)C1.Cl. The number of anilines is 2. The molecule has 0 bridgehead atoms. The molecular formula is C27H31ClN4O2S. The zero-order chi connectivity index (χ0) is 23.2. The van der Waals surface area contributed by atoms with E-state index in [0.717, 1.165) is 76.9 Å². The van der Waals surface area contributed by atoms with Gasteiger partial charge in [-0.15, -0.1) is 23.7 Å². The zero-order valence-electron chi connectivity index (χ0n) is 20.1. The molecule has 1 aromatic carbocycles. The highest BCUT2D eigenvalue weighted by Gasteiger charge is 2.29. The number of carbonyl (C=O) groups is 1. The van der Waals surface area contributed by atoms with E-state index in [1.807, 2.05) is 29.3 Å². The maximum Gasteiger partial charge on any atom is 0.268 e. The van der Waals surface area contributed by atoms with Gasteiger partial charge in [-0.25, -0.2) is 4.98 Å². The van der Waals surface area contributed by atoms with Crippen LogP contribution in [0.1, 0.15) is 34.5 Å². The normalized spacial score (nSPS) is 19.6. The number of likely N-dealkylation sites (N-methyl/N-ethyl adjacent to an activating group) is 1. The highest BCUT2D eigenvalue weighted by atomic mass is 35.5. The topological polar surface area (TPSA) is 48.9 Å². The van der Waals surface area contributed by atoms with Crippen LogP contribution in [-0.4, -0.2) is 61.7 Å². The summed E-state index contributed by atoms with van der Waals surface area (Å²) in [6, 6.07) is 15.1. The third-order valence-corrected chi connectivity index (χ3v) is 8.30. The van der Waals surface area contributed by atoms with Crippen molar-refractivity contribution in [1.82, 2.24) is 9.88 Å². The molecule has 184 valence electrons. The van der Waals surface area contributed by atoms with Crippen LogP contribution in [0.15, 0.2) is 48.7 Å². The van der Waals surface area contributed by atoms with Gasteiger partial charge >= 0.3 is 0 Å². The van der Waals surface area contributed by atoms with E-state index in [2.05, 4.69) is 48.2 Å². The van der Waals surface area contributed by atoms with E-state index in [1.54, 1.807) is 11.3 Å². The van der Waals surface area contributed by atoms with Gasteiger partial charge in [0.15, 0.2) is 0 Å². The predicted molar refractivity (Wildman–Crippen MR) is 145 cm³/mol. The highest BCUT2D eigenvalue weighted by Crippen LogP contribution is 2.37. The molecule has 3 aliphatic rings. The van der Waals surface area contributed by atoms with Crippen molar-refractivity contribution in [2.75, 3.05) is 43.5 Å². The van der Waals surface area contributed by atoms with E-state index in [0.29, 0.717) is 18.7 Å². The second-order valence-electron chi connectivity index (χ2n) is 9.74. The van der Waals surface area contributed by atoms with Gasteiger partial charge in [0, 0.05) is 30.6 Å². The van der Waals surface area contributed by atoms with Gasteiger partial charge in [0.05, 0.1) is 22.9 Å². The first-order valence-corrected chi connectivity index (χ1v) is 13.0. The number of hydrogen-bond acceptors (Lipinski definition) is 6. The van der Waals surface area contributed by atoms with Crippen molar-refractivity contribution >= 4 is 41.2 Å². The molecule has 1 saturated heterocycles. The summed E-state index contributed by atoms with van der Waals surface area (Å²) in [5, 5.41) is 0. The summed E-state index contributed by atoms with van der Waals surface area (Å²) in [6.07, 6.45) is 6.59. The number of nitrogens with zero attached hydrogens (tertiary/aromatic N) is 4. The van der Waals surface area contributed by atoms with Crippen LogP contribution in [0.5, 0.6) is 5.75 Å². The zero-order valence-corrected chi connectivity index (χ0v) is 21.8. The number of pyridine rings is 1. The second-order valence-corrected chi connectivity index (χ2v) is 10.8. The first-order chi connectivity index (χ1) is 16.5. The lowest BCUT2D eigenvalue weighted by Crippen LogP contribution is -2.36. The van der Waals surface area contributed by atoms with Crippen molar-refractivity contribution < 1.29 is 9.53 Å². The molecule has 1 aliphatic carbocycles. The fourth-order valence-corrected chi connectivity index (χ4v) is 5.98. The van der Waals surface area contributed by atoms with Crippen molar-refractivity contribution in [1.29, 1.82) is 0 Å². The van der Waals surface area contributed by atoms with E-state index in [-0.39, 0.29) is 18.3 Å². The van der Waals surface area contributed by atoms with Crippen LogP contribution in [0.4, 0.5) is 11.5 Å². The van der Waals surface area contributed by atoms with Gasteiger partial charge in [-0.2, -0.15) is 0 Å². The molecule has 8 heteroatoms. The van der Waals surface area contributed by atoms with E-state index in [4.69, 9.17) is 9.72 Å². The molecule has 2 aliphatic heterocycles. The van der Waals surface area contributed by atoms with Crippen LogP contribution in [0, 0.1) is 0 Å². The first-order valence-electron chi connectivity index (χ1n) is 12.1. The highest BCUT2D eigenvalue weighted by molar-refractivity contribution is 7.17. The lowest BCUT2D eigenvalue weighted by molar-refractivity contribution is 0.0985. The predicted octanol–water partition coefficient (Wildman–Crippen LogP) is 5.12. The number of ether oxygens (including phenoxy) is 1. The van der Waals surface area contributed by atoms with E-state index < -0.39 is 0 Å². The minimum Gasteiger partial charge on any atom is -0.490 e. The number of aromatic nitrogens is 1. The Hall–Kier alpha value is -2.61. The average molecular weight is 511 g/mol. The van der Waals surface area contributed by atoms with Gasteiger partial charge in [0.2, 0.25) is 0 Å². The summed E-state index contributed by atoms with van der Waals surface area (Å²) in [4.78, 5) is 26.6. The van der Waals surface area contributed by atoms with Crippen molar-refractivity contribution in [3.8, 4) is 16.2 Å². The number of halogens is 1. The number of carbonyl (C=O) groups excluding carboxylic acids is 1. The minimum absolute atomic E-state index is 0. The Kier molecular flexibility index (Phi) is 6.75. The summed E-state index contributed by atoms with van der Waals surface area (Å²) in [5.74, 6) is 2.00. The third kappa shape index (κ3) is 4.90. The van der Waals surface area contributed by atoms with Gasteiger partial charge in [0.25, 0.3) is 5.91 Å². The third-order valence-electron chi connectivity index (χ3n) is 7.08. The maximum atomic E-state index is 13.4. The number of hydrogen-bond donors (Lipinski definition) is 0. The average Bonchev–Trinajstić information content (AvgIpc) is 3.34. The lowest BCUT2D eigenvalue weighted by atomic mass is 10.1. The summed E-state index contributed by atoms with van der Waals surface area (Å²) >= 11 is 1.59. The Balaban J connectivity index is 0.00000253. The van der Waals surface area contributed by atoms with Gasteiger partial charge in [0.1, 0.15) is 11.6 Å². The summed E-state index contributed by atoms with van der Waals surface area (Å²) in [5.41, 5.74) is 3.16. The Bertz CT molecular complexity index is 1190. The van der Waals surface area contributed by atoms with Crippen molar-refractivity contribution in [2.24, 2.45) is 0 Å². The molecule has 1 saturated carbocycles. The number of amides is 1. The molecule has 6 nitrogen and oxygen atoms in total. The van der Waals surface area contributed by atoms with Gasteiger partial charge < -0.3 is 19.4 Å². The molecule has 1 unspecified atom stereocenters. The van der Waals surface area contributed by atoms with Crippen LogP contribution in [0.3, 0.4) is 0 Å². The Labute approximate surface area is 216 Å². The monoisotopic (exact) mass is 510 g/mol. The summed E-state index contributed by atoms with van der Waals surface area (Å²) < 4.78 is 5.87. The lowest BCUT2D eigenvalue weighted by Gasteiger charge is -2.27. The second kappa shape index (κ2) is 9.80. The fraction of sp³-hybridized carbons (Fsp3) is 0.407. The fourth-order valence-electron chi connectivity index (χ4n) is 4.81. The molecule has 2 aromatic heterocycles. The first kappa shape index (κ1) is 24.1. The van der Waals surface area contributed by atoms with Gasteiger partial charge in [-0.1, -0.05) is 0 Å². The summed E-state index contributed by atoms with van der Waals surface area (Å²) in [6.45, 7) is 2.70. The van der Waals surface area contributed by atoms with Crippen LogP contribution in [-0.2, 0) is 6.42 Å². The van der Waals surface area contributed by atoms with E-state index in [9.17, 15) is 4.79 Å². The Morgan fingerprint density at radius 2 is 1.86 bits per heavy atom. The number of rotatable bonds is 6. The van der Waals surface area contributed by atoms with Crippen LogP contribution in [0.2, 0.25) is 0 Å². The molecule has 6 rings (SSSR count). The molecule has 0 radical (unpaired) electrons. The molecule has 2 fully saturated rings. The van der Waals surface area contributed by atoms with Crippen LogP contribution < -0.4 is 14.5 Å². The minimum atomic E-state index is 0. The maximum absolute atomic E-state index is 13.4. The number of thiophene rings is 1. The van der Waals surface area contributed by atoms with E-state index >= 15 is 0 Å². The molecule has 0 N–H and O–H groups in total. The largest absolute Gasteiger partial charge is 0.490 e. The Morgan fingerprint density at radius 1 is 1.06 bits per heavy atom. The van der Waals surface area contributed by atoms with Crippen LogP contribution in [0.25, 0.3) is 10.4 Å². The Morgan fingerprint density at radius 3 is 2.51 bits per heavy atom. The smallest absolute Gasteiger partial charge is 0.268 e. The molecule has 1 amide bonds. The summed E-state index contributed by atoms with van der Waals surface area (Å²) in [7, 11) is 4.27. The molecule has 4 heterocycles. The van der Waals surface area contributed by atoms with Gasteiger partial charge in [-0.3, -0.25) is 4.79 Å². The van der Waals surface area contributed by atoms with Crippen molar-refractivity contribution in [2.45, 2.75) is 37.8 Å². The number of fused-ring (bicyclic) bond motifs is 1. The van der Waals surface area contributed by atoms with Crippen molar-refractivity contribution in [3.05, 3.63) is 59.1 Å². The van der Waals surface area contributed by atoms with Crippen LogP contribution >= 0.6 is 23.7 Å². The molecular weight excluding hydrogens is 480 g/mol. The number of benzene rings is 1. The van der Waals surface area contributed by atoms with Gasteiger partial charge in [-0.05, 0) is 93.4 Å². The van der Waals surface area contributed by atoms with Crippen molar-refractivity contribution in [3.63, 3.8) is 0 Å². The molecule has 3 aromatic rings. The van der Waals surface area contributed by atoms with E-state index in [1.165, 1.54) is 0 Å². The standard InChI is InChI=1S/C27H30N4O2S.ClH/c1-29(2)21-12-13-30(17-21)25-10-5-20(16-28-25)31-14-11-19-15-24(34-26(19)27(31)32)18-3-6-22(7-4-18)33-23-8-9-23;/h3-7,10,15-16,21,23H,8-9,11-14,17H2,1-2H3;1H. The molecule has 0 spiro atoms. The molecule has 35 heavy (non-hydrogen) atoms. The molecule has 1 atom stereocenters.